The van der Waals surface area contributed by atoms with E-state index >= 15 is 0 Å². The standard InChI is InChI=1S/C28H23N9O/c38-28(17-3-1-2-4-17)33-19-11-18(13-30-14-19)22-12-20-23(15-32-22)36-37-25(20)27-34-21-7-10-31-24(26(21)35-27)16-5-8-29-9-6-16/h5-15,17H,1-4H2,(H,33,38)(H,34,35)(H,36,37). The molecule has 6 aromatic heterocycles. The number of amides is 1. The molecule has 0 unspecified atom stereocenters. The van der Waals surface area contributed by atoms with Crippen LogP contribution in [0.25, 0.3) is 56.0 Å². The van der Waals surface area contributed by atoms with E-state index in [1.807, 2.05) is 30.3 Å². The third-order valence-electron chi connectivity index (χ3n) is 7.05. The first kappa shape index (κ1) is 22.2. The Morgan fingerprint density at radius 1 is 0.868 bits per heavy atom. The number of aromatic nitrogens is 8. The maximum Gasteiger partial charge on any atom is 0.227 e. The molecule has 1 saturated carbocycles. The number of hydrogen-bond acceptors (Lipinski definition) is 7. The Bertz CT molecular complexity index is 1780. The van der Waals surface area contributed by atoms with Crippen molar-refractivity contribution >= 4 is 33.5 Å². The van der Waals surface area contributed by atoms with E-state index < -0.39 is 0 Å². The Morgan fingerprint density at radius 3 is 2.61 bits per heavy atom. The number of rotatable bonds is 5. The number of nitrogens with one attached hydrogen (secondary N) is 3. The second-order valence-electron chi connectivity index (χ2n) is 9.50. The van der Waals surface area contributed by atoms with Crippen LogP contribution in [0.4, 0.5) is 5.69 Å². The van der Waals surface area contributed by atoms with Crippen LogP contribution in [-0.4, -0.2) is 46.0 Å². The summed E-state index contributed by atoms with van der Waals surface area (Å²) in [6.45, 7) is 0. The molecule has 0 bridgehead atoms. The fourth-order valence-corrected chi connectivity index (χ4v) is 5.10. The molecule has 10 heteroatoms. The topological polar surface area (TPSA) is 138 Å². The van der Waals surface area contributed by atoms with Gasteiger partial charge in [-0.05, 0) is 43.2 Å². The number of nitrogens with zero attached hydrogens (tertiary/aromatic N) is 6. The van der Waals surface area contributed by atoms with E-state index in [1.54, 1.807) is 37.2 Å². The van der Waals surface area contributed by atoms with Crippen LogP contribution in [0.3, 0.4) is 0 Å². The molecule has 7 rings (SSSR count). The predicted octanol–water partition coefficient (Wildman–Crippen LogP) is 5.15. The van der Waals surface area contributed by atoms with Crippen molar-refractivity contribution in [3.63, 3.8) is 0 Å². The Morgan fingerprint density at radius 2 is 1.74 bits per heavy atom. The zero-order valence-corrected chi connectivity index (χ0v) is 20.3. The first-order valence-corrected chi connectivity index (χ1v) is 12.6. The van der Waals surface area contributed by atoms with Gasteiger partial charge < -0.3 is 10.3 Å². The number of H-pyrrole nitrogens is 2. The third-order valence-corrected chi connectivity index (χ3v) is 7.05. The summed E-state index contributed by atoms with van der Waals surface area (Å²) in [6.07, 6.45) is 14.5. The number of imidazole rings is 1. The molecule has 1 aliphatic rings. The van der Waals surface area contributed by atoms with Crippen LogP contribution in [-0.2, 0) is 4.79 Å². The lowest BCUT2D eigenvalue weighted by atomic mass is 10.1. The van der Waals surface area contributed by atoms with Gasteiger partial charge in [0, 0.05) is 47.2 Å². The van der Waals surface area contributed by atoms with Crippen molar-refractivity contribution in [3.8, 4) is 34.0 Å². The van der Waals surface area contributed by atoms with Crippen molar-refractivity contribution in [1.82, 2.24) is 40.1 Å². The SMILES string of the molecule is O=C(Nc1cncc(-c2cc3c(-c4nc5c(-c6ccncc6)nccc5[nH]4)n[nH]c3cn2)c1)C1CCCC1. The quantitative estimate of drug-likeness (QED) is 0.297. The smallest absolute Gasteiger partial charge is 0.227 e. The summed E-state index contributed by atoms with van der Waals surface area (Å²) in [7, 11) is 0. The fourth-order valence-electron chi connectivity index (χ4n) is 5.10. The summed E-state index contributed by atoms with van der Waals surface area (Å²) in [4.78, 5) is 38.5. The summed E-state index contributed by atoms with van der Waals surface area (Å²) >= 11 is 0. The highest BCUT2D eigenvalue weighted by Crippen LogP contribution is 2.32. The first-order valence-electron chi connectivity index (χ1n) is 12.6. The summed E-state index contributed by atoms with van der Waals surface area (Å²) in [5.74, 6) is 0.773. The van der Waals surface area contributed by atoms with E-state index in [1.165, 1.54) is 0 Å². The minimum absolute atomic E-state index is 0.0625. The van der Waals surface area contributed by atoms with Crippen LogP contribution >= 0.6 is 0 Å². The number of pyridine rings is 4. The van der Waals surface area contributed by atoms with Gasteiger partial charge in [-0.3, -0.25) is 29.8 Å². The van der Waals surface area contributed by atoms with Crippen LogP contribution in [0, 0.1) is 5.92 Å². The molecule has 0 aromatic carbocycles. The molecule has 6 aromatic rings. The molecule has 1 amide bonds. The summed E-state index contributed by atoms with van der Waals surface area (Å²) in [6, 6.07) is 9.59. The molecule has 3 N–H and O–H groups in total. The van der Waals surface area contributed by atoms with Gasteiger partial charge in [0.1, 0.15) is 11.2 Å². The minimum atomic E-state index is 0.0625. The zero-order valence-electron chi connectivity index (χ0n) is 20.3. The minimum Gasteiger partial charge on any atom is -0.336 e. The number of aromatic amines is 2. The van der Waals surface area contributed by atoms with Crippen molar-refractivity contribution < 1.29 is 4.79 Å². The van der Waals surface area contributed by atoms with E-state index in [4.69, 9.17) is 4.98 Å². The van der Waals surface area contributed by atoms with Gasteiger partial charge >= 0.3 is 0 Å². The van der Waals surface area contributed by atoms with Gasteiger partial charge in [0.05, 0.1) is 40.5 Å². The van der Waals surface area contributed by atoms with Crippen molar-refractivity contribution in [3.05, 3.63) is 67.5 Å². The van der Waals surface area contributed by atoms with Gasteiger partial charge in [0.25, 0.3) is 0 Å². The predicted molar refractivity (Wildman–Crippen MR) is 144 cm³/mol. The zero-order chi connectivity index (χ0) is 25.5. The summed E-state index contributed by atoms with van der Waals surface area (Å²) in [5.41, 5.74) is 7.00. The van der Waals surface area contributed by atoms with Crippen molar-refractivity contribution in [1.29, 1.82) is 0 Å². The molecule has 38 heavy (non-hydrogen) atoms. The molecular formula is C28H23N9O. The molecule has 10 nitrogen and oxygen atoms in total. The Hall–Kier alpha value is -4.99. The number of carbonyl (C=O) groups is 1. The maximum absolute atomic E-state index is 12.6. The Labute approximate surface area is 217 Å². The lowest BCUT2D eigenvalue weighted by molar-refractivity contribution is -0.119. The highest BCUT2D eigenvalue weighted by atomic mass is 16.1. The van der Waals surface area contributed by atoms with Gasteiger partial charge in [-0.25, -0.2) is 4.98 Å². The highest BCUT2D eigenvalue weighted by molar-refractivity contribution is 5.97. The molecule has 0 radical (unpaired) electrons. The molecular weight excluding hydrogens is 478 g/mol. The first-order chi connectivity index (χ1) is 18.7. The second-order valence-corrected chi connectivity index (χ2v) is 9.50. The van der Waals surface area contributed by atoms with E-state index in [0.29, 0.717) is 17.2 Å². The van der Waals surface area contributed by atoms with Gasteiger partial charge in [-0.2, -0.15) is 5.10 Å². The molecule has 0 spiro atoms. The fraction of sp³-hybridized carbons (Fsp3) is 0.179. The number of carbonyl (C=O) groups excluding carboxylic acids is 1. The van der Waals surface area contributed by atoms with E-state index in [9.17, 15) is 4.79 Å². The second kappa shape index (κ2) is 9.15. The third kappa shape index (κ3) is 3.96. The monoisotopic (exact) mass is 501 g/mol. The van der Waals surface area contributed by atoms with E-state index in [-0.39, 0.29) is 11.8 Å². The molecule has 0 aliphatic heterocycles. The van der Waals surface area contributed by atoms with Gasteiger partial charge in [0.15, 0.2) is 5.82 Å². The number of fused-ring (bicyclic) bond motifs is 2. The van der Waals surface area contributed by atoms with Crippen molar-refractivity contribution in [2.45, 2.75) is 25.7 Å². The average molecular weight is 502 g/mol. The Balaban J connectivity index is 1.25. The number of hydrogen-bond donors (Lipinski definition) is 3. The van der Waals surface area contributed by atoms with Crippen molar-refractivity contribution in [2.24, 2.45) is 5.92 Å². The summed E-state index contributed by atoms with van der Waals surface area (Å²) in [5, 5.41) is 11.5. The van der Waals surface area contributed by atoms with Gasteiger partial charge in [0.2, 0.25) is 5.91 Å². The van der Waals surface area contributed by atoms with E-state index in [0.717, 1.165) is 70.1 Å². The van der Waals surface area contributed by atoms with Gasteiger partial charge in [-0.1, -0.05) is 12.8 Å². The molecule has 186 valence electrons. The summed E-state index contributed by atoms with van der Waals surface area (Å²) < 4.78 is 0. The van der Waals surface area contributed by atoms with Crippen LogP contribution in [0.5, 0.6) is 0 Å². The lowest BCUT2D eigenvalue weighted by Crippen LogP contribution is -2.20. The lowest BCUT2D eigenvalue weighted by Gasteiger charge is -2.11. The molecule has 1 aliphatic carbocycles. The van der Waals surface area contributed by atoms with Crippen LogP contribution < -0.4 is 5.32 Å². The molecule has 6 heterocycles. The Kier molecular flexibility index (Phi) is 5.35. The van der Waals surface area contributed by atoms with Crippen molar-refractivity contribution in [2.75, 3.05) is 5.32 Å². The molecule has 1 fully saturated rings. The van der Waals surface area contributed by atoms with Gasteiger partial charge in [-0.15, -0.1) is 0 Å². The van der Waals surface area contributed by atoms with Crippen LogP contribution in [0.15, 0.2) is 67.5 Å². The molecule has 0 atom stereocenters. The van der Waals surface area contributed by atoms with E-state index in [2.05, 4.69) is 40.4 Å². The van der Waals surface area contributed by atoms with Crippen LogP contribution in [0.1, 0.15) is 25.7 Å². The number of anilines is 1. The maximum atomic E-state index is 12.6. The largest absolute Gasteiger partial charge is 0.336 e. The average Bonchev–Trinajstić information content (AvgIpc) is 3.73. The highest BCUT2D eigenvalue weighted by Gasteiger charge is 2.23. The van der Waals surface area contributed by atoms with Crippen LogP contribution in [0.2, 0.25) is 0 Å². The molecule has 0 saturated heterocycles. The normalized spacial score (nSPS) is 13.9.